The average Bonchev–Trinajstić information content (AvgIpc) is 3.20. The van der Waals surface area contributed by atoms with Gasteiger partial charge in [-0.05, 0) is 37.3 Å². The third-order valence-electron chi connectivity index (χ3n) is 3.72. The number of rotatable bonds is 6. The van der Waals surface area contributed by atoms with Gasteiger partial charge < -0.3 is 4.90 Å². The van der Waals surface area contributed by atoms with E-state index in [4.69, 9.17) is 11.6 Å². The topological polar surface area (TPSA) is 38.1 Å². The zero-order valence-electron chi connectivity index (χ0n) is 13.9. The fraction of sp³-hybridized carbons (Fsp3) is 0.158. The number of aryl methyl sites for hydroxylation is 1. The Labute approximate surface area is 156 Å². The number of amides is 1. The summed E-state index contributed by atoms with van der Waals surface area (Å²) < 4.78 is 2.49. The smallest absolute Gasteiger partial charge is 0.274 e. The number of carbonyl (C=O) groups excluding carboxylic acids is 1. The summed E-state index contributed by atoms with van der Waals surface area (Å²) in [7, 11) is 0. The standard InChI is InChI=1S/C19H18ClN3OS/c1-3-11-22(13-16-9-10-18(20)25-16)19(24)17-12-14(2)23(21-17)15-7-5-4-6-8-15/h3-10,12H,1,11,13H2,2H3. The maximum absolute atomic E-state index is 12.9. The molecule has 4 nitrogen and oxygen atoms in total. The van der Waals surface area contributed by atoms with E-state index in [0.29, 0.717) is 23.1 Å². The van der Waals surface area contributed by atoms with Crippen LogP contribution in [0.3, 0.4) is 0 Å². The first-order chi connectivity index (χ1) is 12.1. The van der Waals surface area contributed by atoms with Crippen LogP contribution < -0.4 is 0 Å². The molecule has 128 valence electrons. The van der Waals surface area contributed by atoms with Gasteiger partial charge >= 0.3 is 0 Å². The lowest BCUT2D eigenvalue weighted by atomic mass is 10.3. The molecule has 25 heavy (non-hydrogen) atoms. The van der Waals surface area contributed by atoms with E-state index in [1.165, 1.54) is 11.3 Å². The number of thiophene rings is 1. The van der Waals surface area contributed by atoms with E-state index < -0.39 is 0 Å². The van der Waals surface area contributed by atoms with Crippen molar-refractivity contribution in [3.63, 3.8) is 0 Å². The summed E-state index contributed by atoms with van der Waals surface area (Å²) in [4.78, 5) is 15.7. The van der Waals surface area contributed by atoms with Gasteiger partial charge in [-0.15, -0.1) is 17.9 Å². The molecular formula is C19H18ClN3OS. The molecule has 0 spiro atoms. The van der Waals surface area contributed by atoms with Crippen LogP contribution in [0.15, 0.2) is 61.2 Å². The third kappa shape index (κ3) is 4.00. The first kappa shape index (κ1) is 17.5. The van der Waals surface area contributed by atoms with Gasteiger partial charge in [0.25, 0.3) is 5.91 Å². The van der Waals surface area contributed by atoms with Crippen molar-refractivity contribution in [3.8, 4) is 5.69 Å². The number of nitrogens with zero attached hydrogens (tertiary/aromatic N) is 3. The van der Waals surface area contributed by atoms with Crippen molar-refractivity contribution in [2.24, 2.45) is 0 Å². The number of halogens is 1. The lowest BCUT2D eigenvalue weighted by Crippen LogP contribution is -2.30. The van der Waals surface area contributed by atoms with Crippen LogP contribution in [-0.2, 0) is 6.54 Å². The quantitative estimate of drug-likeness (QED) is 0.588. The molecule has 0 unspecified atom stereocenters. The van der Waals surface area contributed by atoms with Gasteiger partial charge in [-0.2, -0.15) is 5.10 Å². The number of hydrogen-bond acceptors (Lipinski definition) is 3. The first-order valence-electron chi connectivity index (χ1n) is 7.85. The fourth-order valence-corrected chi connectivity index (χ4v) is 3.67. The maximum atomic E-state index is 12.9. The maximum Gasteiger partial charge on any atom is 0.274 e. The molecule has 2 heterocycles. The van der Waals surface area contributed by atoms with Crippen molar-refractivity contribution in [2.75, 3.05) is 6.54 Å². The van der Waals surface area contributed by atoms with Crippen molar-refractivity contribution in [2.45, 2.75) is 13.5 Å². The minimum Gasteiger partial charge on any atom is -0.328 e. The molecule has 1 amide bonds. The molecule has 2 aromatic heterocycles. The van der Waals surface area contributed by atoms with Gasteiger partial charge in [0.05, 0.1) is 16.6 Å². The van der Waals surface area contributed by atoms with Crippen molar-refractivity contribution in [1.82, 2.24) is 14.7 Å². The minimum absolute atomic E-state index is 0.123. The van der Waals surface area contributed by atoms with Crippen molar-refractivity contribution >= 4 is 28.8 Å². The summed E-state index contributed by atoms with van der Waals surface area (Å²) in [6.45, 7) is 6.63. The van der Waals surface area contributed by atoms with E-state index >= 15 is 0 Å². The lowest BCUT2D eigenvalue weighted by Gasteiger charge is -2.19. The average molecular weight is 372 g/mol. The highest BCUT2D eigenvalue weighted by molar-refractivity contribution is 7.16. The Morgan fingerprint density at radius 2 is 2.08 bits per heavy atom. The molecule has 3 rings (SSSR count). The lowest BCUT2D eigenvalue weighted by molar-refractivity contribution is 0.0758. The molecule has 0 saturated heterocycles. The van der Waals surface area contributed by atoms with Gasteiger partial charge in [-0.25, -0.2) is 4.68 Å². The highest BCUT2D eigenvalue weighted by Crippen LogP contribution is 2.23. The van der Waals surface area contributed by atoms with E-state index in [1.54, 1.807) is 15.7 Å². The van der Waals surface area contributed by atoms with Crippen molar-refractivity contribution in [1.29, 1.82) is 0 Å². The van der Waals surface area contributed by atoms with Crippen LogP contribution in [0, 0.1) is 6.92 Å². The summed E-state index contributed by atoms with van der Waals surface area (Å²) in [5.74, 6) is -0.123. The molecule has 0 N–H and O–H groups in total. The second kappa shape index (κ2) is 7.68. The molecule has 1 aromatic carbocycles. The Morgan fingerprint density at radius 1 is 1.32 bits per heavy atom. The first-order valence-corrected chi connectivity index (χ1v) is 9.04. The Kier molecular flexibility index (Phi) is 5.36. The molecule has 0 atom stereocenters. The number of para-hydroxylation sites is 1. The van der Waals surface area contributed by atoms with Crippen LogP contribution >= 0.6 is 22.9 Å². The Hall–Kier alpha value is -2.37. The fourth-order valence-electron chi connectivity index (χ4n) is 2.57. The molecule has 0 fully saturated rings. The van der Waals surface area contributed by atoms with Gasteiger partial charge in [0.1, 0.15) is 0 Å². The van der Waals surface area contributed by atoms with Gasteiger partial charge in [-0.1, -0.05) is 35.9 Å². The number of aromatic nitrogens is 2. The zero-order valence-corrected chi connectivity index (χ0v) is 15.4. The highest BCUT2D eigenvalue weighted by atomic mass is 35.5. The van der Waals surface area contributed by atoms with E-state index in [0.717, 1.165) is 16.3 Å². The Balaban J connectivity index is 1.86. The van der Waals surface area contributed by atoms with Crippen molar-refractivity contribution in [3.05, 3.63) is 81.8 Å². The molecule has 0 aliphatic heterocycles. The van der Waals surface area contributed by atoms with Crippen LogP contribution in [0.2, 0.25) is 4.34 Å². The largest absolute Gasteiger partial charge is 0.328 e. The minimum atomic E-state index is -0.123. The summed E-state index contributed by atoms with van der Waals surface area (Å²) in [5, 5.41) is 4.50. The monoisotopic (exact) mass is 371 g/mol. The highest BCUT2D eigenvalue weighted by Gasteiger charge is 2.20. The molecule has 0 saturated carbocycles. The molecule has 0 radical (unpaired) electrons. The number of carbonyl (C=O) groups is 1. The van der Waals surface area contributed by atoms with Gasteiger partial charge in [0.15, 0.2) is 5.69 Å². The van der Waals surface area contributed by atoms with E-state index in [-0.39, 0.29) is 5.91 Å². The Morgan fingerprint density at radius 3 is 2.72 bits per heavy atom. The Bertz CT molecular complexity index is 885. The van der Waals surface area contributed by atoms with Gasteiger partial charge in [0, 0.05) is 17.1 Å². The SMILES string of the molecule is C=CCN(Cc1ccc(Cl)s1)C(=O)c1cc(C)n(-c2ccccc2)n1. The van der Waals surface area contributed by atoms with Crippen LogP contribution in [-0.4, -0.2) is 27.1 Å². The molecule has 0 aliphatic carbocycles. The second-order valence-electron chi connectivity index (χ2n) is 5.60. The van der Waals surface area contributed by atoms with Crippen LogP contribution in [0.4, 0.5) is 0 Å². The summed E-state index contributed by atoms with van der Waals surface area (Å²) in [6, 6.07) is 15.4. The third-order valence-corrected chi connectivity index (χ3v) is 4.94. The van der Waals surface area contributed by atoms with Crippen LogP contribution in [0.5, 0.6) is 0 Å². The molecular weight excluding hydrogens is 354 g/mol. The predicted molar refractivity (Wildman–Crippen MR) is 103 cm³/mol. The molecule has 6 heteroatoms. The van der Waals surface area contributed by atoms with Gasteiger partial charge in [0.2, 0.25) is 0 Å². The van der Waals surface area contributed by atoms with Crippen molar-refractivity contribution < 1.29 is 4.79 Å². The summed E-state index contributed by atoms with van der Waals surface area (Å²) >= 11 is 7.46. The van der Waals surface area contributed by atoms with Crippen LogP contribution in [0.25, 0.3) is 5.69 Å². The number of benzene rings is 1. The normalized spacial score (nSPS) is 10.6. The second-order valence-corrected chi connectivity index (χ2v) is 7.40. The van der Waals surface area contributed by atoms with E-state index in [2.05, 4.69) is 11.7 Å². The summed E-state index contributed by atoms with van der Waals surface area (Å²) in [6.07, 6.45) is 1.72. The molecule has 3 aromatic rings. The summed E-state index contributed by atoms with van der Waals surface area (Å²) in [5.41, 5.74) is 2.26. The number of hydrogen-bond donors (Lipinski definition) is 0. The predicted octanol–water partition coefficient (Wildman–Crippen LogP) is 4.72. The van der Waals surface area contributed by atoms with Gasteiger partial charge in [-0.3, -0.25) is 4.79 Å². The molecule has 0 bridgehead atoms. The van der Waals surface area contributed by atoms with Crippen LogP contribution in [0.1, 0.15) is 21.1 Å². The van der Waals surface area contributed by atoms with E-state index in [1.807, 2.05) is 55.5 Å². The van der Waals surface area contributed by atoms with E-state index in [9.17, 15) is 4.79 Å². The molecule has 0 aliphatic rings. The zero-order chi connectivity index (χ0) is 17.8.